The molecule has 7 heteroatoms. The number of amides is 3. The maximum atomic E-state index is 13.3. The molecule has 7 nitrogen and oxygen atoms in total. The van der Waals surface area contributed by atoms with E-state index in [1.165, 1.54) is 43.5 Å². The molecule has 36 heavy (non-hydrogen) atoms. The molecule has 1 atom stereocenters. The first-order chi connectivity index (χ1) is 17.5. The number of rotatable bonds is 7. The molecule has 0 radical (unpaired) electrons. The Morgan fingerprint density at radius 2 is 1.83 bits per heavy atom. The van der Waals surface area contributed by atoms with Crippen LogP contribution in [-0.4, -0.2) is 53.2 Å². The van der Waals surface area contributed by atoms with E-state index in [9.17, 15) is 14.4 Å². The quantitative estimate of drug-likeness (QED) is 0.574. The van der Waals surface area contributed by atoms with Gasteiger partial charge < -0.3 is 10.6 Å². The third kappa shape index (κ3) is 4.76. The summed E-state index contributed by atoms with van der Waals surface area (Å²) in [5, 5.41) is 6.15. The number of nitrogens with zero attached hydrogens (tertiary/aromatic N) is 2. The number of anilines is 1. The molecule has 0 aromatic heterocycles. The largest absolute Gasteiger partial charge is 0.380 e. The highest BCUT2D eigenvalue weighted by Crippen LogP contribution is 2.32. The summed E-state index contributed by atoms with van der Waals surface area (Å²) in [5.74, 6) is -0.151. The summed E-state index contributed by atoms with van der Waals surface area (Å²) in [4.78, 5) is 42.4. The van der Waals surface area contributed by atoms with E-state index in [1.54, 1.807) is 12.1 Å². The lowest BCUT2D eigenvalue weighted by Crippen LogP contribution is -2.52. The van der Waals surface area contributed by atoms with Crippen LogP contribution < -0.4 is 10.6 Å². The van der Waals surface area contributed by atoms with Crippen molar-refractivity contribution >= 4 is 23.4 Å². The predicted molar refractivity (Wildman–Crippen MR) is 140 cm³/mol. The summed E-state index contributed by atoms with van der Waals surface area (Å²) < 4.78 is 0. The van der Waals surface area contributed by atoms with E-state index in [-0.39, 0.29) is 11.8 Å². The summed E-state index contributed by atoms with van der Waals surface area (Å²) in [6.07, 6.45) is 5.13. The van der Waals surface area contributed by atoms with E-state index in [0.717, 1.165) is 29.3 Å². The zero-order valence-corrected chi connectivity index (χ0v) is 21.3. The number of aryl methyl sites for hydroxylation is 1. The molecular weight excluding hydrogens is 452 g/mol. The minimum atomic E-state index is -0.734. The van der Waals surface area contributed by atoms with Crippen LogP contribution in [-0.2, 0) is 17.9 Å². The Hall–Kier alpha value is -3.19. The van der Waals surface area contributed by atoms with Crippen molar-refractivity contribution in [3.8, 4) is 0 Å². The Morgan fingerprint density at radius 1 is 1.03 bits per heavy atom. The number of piperidine rings is 2. The highest BCUT2D eigenvalue weighted by molar-refractivity contribution is 6.25. The van der Waals surface area contributed by atoms with Crippen molar-refractivity contribution in [1.29, 1.82) is 0 Å². The van der Waals surface area contributed by atoms with E-state index in [2.05, 4.69) is 47.6 Å². The number of imide groups is 1. The Labute approximate surface area is 213 Å². The molecule has 0 aliphatic carbocycles. The molecule has 0 saturated carbocycles. The Bertz CT molecular complexity index is 1170. The number of likely N-dealkylation sites (tertiary alicyclic amines) is 1. The molecule has 3 aliphatic rings. The van der Waals surface area contributed by atoms with Gasteiger partial charge in [0.05, 0.1) is 11.1 Å². The smallest absolute Gasteiger partial charge is 0.264 e. The van der Waals surface area contributed by atoms with Crippen LogP contribution in [0.25, 0.3) is 0 Å². The van der Waals surface area contributed by atoms with Crippen molar-refractivity contribution in [3.05, 3.63) is 64.2 Å². The average molecular weight is 489 g/mol. The van der Waals surface area contributed by atoms with E-state index < -0.39 is 11.9 Å². The lowest BCUT2D eigenvalue weighted by atomic mass is 9.94. The first-order valence-electron chi connectivity index (χ1n) is 13.3. The van der Waals surface area contributed by atoms with Gasteiger partial charge in [0.15, 0.2) is 0 Å². The Morgan fingerprint density at radius 3 is 2.56 bits per heavy atom. The fourth-order valence-corrected chi connectivity index (χ4v) is 5.77. The van der Waals surface area contributed by atoms with Crippen molar-refractivity contribution in [2.75, 3.05) is 25.0 Å². The normalized spacial score (nSPS) is 21.0. The SMILES string of the molecule is CCC1CCN(Cc2ccc(CNc3cccc4c3C(=O)N(C3CCCNC3=O)C4=O)cc2C)CC1. The van der Waals surface area contributed by atoms with Crippen molar-refractivity contribution in [2.45, 2.75) is 65.1 Å². The molecule has 0 bridgehead atoms. The van der Waals surface area contributed by atoms with Crippen LogP contribution in [0.1, 0.15) is 76.4 Å². The number of hydrogen-bond donors (Lipinski definition) is 2. The van der Waals surface area contributed by atoms with Gasteiger partial charge in [0.1, 0.15) is 6.04 Å². The topological polar surface area (TPSA) is 81.8 Å². The number of fused-ring (bicyclic) bond motifs is 1. The van der Waals surface area contributed by atoms with Gasteiger partial charge in [-0.1, -0.05) is 37.6 Å². The summed E-state index contributed by atoms with van der Waals surface area (Å²) >= 11 is 0. The lowest BCUT2D eigenvalue weighted by Gasteiger charge is -2.31. The predicted octanol–water partition coefficient (Wildman–Crippen LogP) is 4.10. The van der Waals surface area contributed by atoms with Gasteiger partial charge in [0.2, 0.25) is 5.91 Å². The number of benzene rings is 2. The molecule has 190 valence electrons. The first-order valence-corrected chi connectivity index (χ1v) is 13.3. The second kappa shape index (κ2) is 10.4. The summed E-state index contributed by atoms with van der Waals surface area (Å²) in [6, 6.07) is 11.1. The monoisotopic (exact) mass is 488 g/mol. The number of carbonyl (C=O) groups is 3. The van der Waals surface area contributed by atoms with E-state index in [0.29, 0.717) is 36.3 Å². The maximum Gasteiger partial charge on any atom is 0.264 e. The molecule has 2 aromatic rings. The van der Waals surface area contributed by atoms with Gasteiger partial charge in [-0.2, -0.15) is 0 Å². The molecular formula is C29H36N4O3. The molecule has 2 saturated heterocycles. The van der Waals surface area contributed by atoms with E-state index in [4.69, 9.17) is 0 Å². The molecule has 5 rings (SSSR count). The van der Waals surface area contributed by atoms with Gasteiger partial charge in [0.25, 0.3) is 11.8 Å². The van der Waals surface area contributed by atoms with Crippen LogP contribution in [0.5, 0.6) is 0 Å². The standard InChI is InChI=1S/C29H36N4O3/c1-3-20-11-14-32(15-12-20)18-22-10-9-21(16-19(22)2)17-31-24-7-4-6-23-26(24)29(36)33(28(23)35)25-8-5-13-30-27(25)34/h4,6-7,9-10,16,20,25,31H,3,5,8,11-15,17-18H2,1-2H3,(H,30,34). The highest BCUT2D eigenvalue weighted by atomic mass is 16.2. The second-order valence-corrected chi connectivity index (χ2v) is 10.4. The van der Waals surface area contributed by atoms with Gasteiger partial charge in [-0.05, 0) is 80.4 Å². The van der Waals surface area contributed by atoms with Crippen LogP contribution in [0.15, 0.2) is 36.4 Å². The van der Waals surface area contributed by atoms with Crippen molar-refractivity contribution < 1.29 is 14.4 Å². The zero-order valence-electron chi connectivity index (χ0n) is 21.3. The van der Waals surface area contributed by atoms with E-state index in [1.807, 2.05) is 6.07 Å². The molecule has 1 unspecified atom stereocenters. The highest BCUT2D eigenvalue weighted by Gasteiger charge is 2.44. The van der Waals surface area contributed by atoms with Crippen molar-refractivity contribution in [2.24, 2.45) is 5.92 Å². The number of nitrogens with one attached hydrogen (secondary N) is 2. The van der Waals surface area contributed by atoms with Crippen LogP contribution in [0, 0.1) is 12.8 Å². The number of carbonyl (C=O) groups excluding carboxylic acids is 3. The minimum absolute atomic E-state index is 0.254. The molecule has 3 heterocycles. The molecule has 3 aliphatic heterocycles. The molecule has 2 aromatic carbocycles. The third-order valence-corrected chi connectivity index (χ3v) is 8.08. The van der Waals surface area contributed by atoms with Gasteiger partial charge in [-0.25, -0.2) is 0 Å². The average Bonchev–Trinajstić information content (AvgIpc) is 3.15. The van der Waals surface area contributed by atoms with Gasteiger partial charge in [0, 0.05) is 25.3 Å². The van der Waals surface area contributed by atoms with Gasteiger partial charge >= 0.3 is 0 Å². The first kappa shape index (κ1) is 24.5. The fourth-order valence-electron chi connectivity index (χ4n) is 5.77. The zero-order chi connectivity index (χ0) is 25.2. The third-order valence-electron chi connectivity index (χ3n) is 8.08. The van der Waals surface area contributed by atoms with Crippen molar-refractivity contribution in [1.82, 2.24) is 15.1 Å². The lowest BCUT2D eigenvalue weighted by molar-refractivity contribution is -0.126. The summed E-state index contributed by atoms with van der Waals surface area (Å²) in [5.41, 5.74) is 5.11. The molecule has 0 spiro atoms. The molecule has 3 amide bonds. The summed E-state index contributed by atoms with van der Waals surface area (Å²) in [7, 11) is 0. The van der Waals surface area contributed by atoms with Crippen LogP contribution in [0.4, 0.5) is 5.69 Å². The van der Waals surface area contributed by atoms with Crippen molar-refractivity contribution in [3.63, 3.8) is 0 Å². The second-order valence-electron chi connectivity index (χ2n) is 10.4. The Kier molecular flexibility index (Phi) is 7.10. The van der Waals surface area contributed by atoms with Crippen LogP contribution in [0.3, 0.4) is 0 Å². The van der Waals surface area contributed by atoms with Crippen LogP contribution >= 0.6 is 0 Å². The van der Waals surface area contributed by atoms with Gasteiger partial charge in [-0.3, -0.25) is 24.2 Å². The van der Waals surface area contributed by atoms with E-state index >= 15 is 0 Å². The minimum Gasteiger partial charge on any atom is -0.380 e. The molecule has 2 N–H and O–H groups in total. The molecule has 2 fully saturated rings. The van der Waals surface area contributed by atoms with Crippen LogP contribution in [0.2, 0.25) is 0 Å². The van der Waals surface area contributed by atoms with Gasteiger partial charge in [-0.15, -0.1) is 0 Å². The number of hydrogen-bond acceptors (Lipinski definition) is 5. The fraction of sp³-hybridized carbons (Fsp3) is 0.483. The summed E-state index contributed by atoms with van der Waals surface area (Å²) in [6.45, 7) is 8.92. The Balaban J connectivity index is 1.26. The maximum absolute atomic E-state index is 13.3.